The molecule has 1 aliphatic rings. The summed E-state index contributed by atoms with van der Waals surface area (Å²) >= 11 is 3.24. The number of carbonyl (C=O) groups excluding carboxylic acids is 1. The topological polar surface area (TPSA) is 61.9 Å². The van der Waals surface area contributed by atoms with E-state index in [1.807, 2.05) is 19.9 Å². The van der Waals surface area contributed by atoms with E-state index in [0.717, 1.165) is 53.7 Å². The zero-order valence-corrected chi connectivity index (χ0v) is 18.7. The zero-order chi connectivity index (χ0) is 20.4. The Balaban J connectivity index is 1.47. The highest BCUT2D eigenvalue weighted by molar-refractivity contribution is 7.99. The van der Waals surface area contributed by atoms with Crippen LogP contribution in [0.3, 0.4) is 0 Å². The molecule has 1 saturated carbocycles. The van der Waals surface area contributed by atoms with Crippen LogP contribution >= 0.6 is 23.1 Å². The van der Waals surface area contributed by atoms with E-state index in [-0.39, 0.29) is 5.78 Å². The van der Waals surface area contributed by atoms with Gasteiger partial charge in [0, 0.05) is 47.9 Å². The predicted molar refractivity (Wildman–Crippen MR) is 116 cm³/mol. The lowest BCUT2D eigenvalue weighted by molar-refractivity contribution is 0.102. The maximum Gasteiger partial charge on any atom is 0.191 e. The molecule has 29 heavy (non-hydrogen) atoms. The Kier molecular flexibility index (Phi) is 6.22. The van der Waals surface area contributed by atoms with Crippen LogP contribution in [-0.2, 0) is 17.7 Å². The molecule has 4 rings (SSSR count). The van der Waals surface area contributed by atoms with Gasteiger partial charge in [-0.15, -0.1) is 21.5 Å². The van der Waals surface area contributed by atoms with Crippen molar-refractivity contribution in [2.24, 2.45) is 0 Å². The van der Waals surface area contributed by atoms with Crippen LogP contribution in [-0.4, -0.2) is 44.6 Å². The lowest BCUT2D eigenvalue weighted by atomic mass is 10.2. The van der Waals surface area contributed by atoms with Crippen LogP contribution in [0.4, 0.5) is 0 Å². The van der Waals surface area contributed by atoms with Crippen LogP contribution in [0, 0.1) is 13.8 Å². The van der Waals surface area contributed by atoms with Crippen LogP contribution in [0.1, 0.15) is 51.3 Å². The molecule has 8 heteroatoms. The molecule has 0 aromatic carbocycles. The molecular formula is C21H26N4O2S2. The first-order chi connectivity index (χ1) is 14.1. The van der Waals surface area contributed by atoms with Gasteiger partial charge in [0.2, 0.25) is 0 Å². The van der Waals surface area contributed by atoms with Crippen molar-refractivity contribution in [3.8, 4) is 0 Å². The van der Waals surface area contributed by atoms with Gasteiger partial charge in [0.25, 0.3) is 0 Å². The second-order valence-corrected chi connectivity index (χ2v) is 9.37. The van der Waals surface area contributed by atoms with Crippen molar-refractivity contribution in [3.05, 3.63) is 51.2 Å². The maximum atomic E-state index is 12.9. The van der Waals surface area contributed by atoms with E-state index in [2.05, 4.69) is 36.8 Å². The van der Waals surface area contributed by atoms with E-state index >= 15 is 0 Å². The number of nitrogens with zero attached hydrogens (tertiary/aromatic N) is 4. The largest absolute Gasteiger partial charge is 0.383 e. The summed E-state index contributed by atoms with van der Waals surface area (Å²) in [5.41, 5.74) is 2.89. The molecule has 0 aliphatic heterocycles. The number of thiophene rings is 1. The number of Topliss-reactive ketones (excluding diaryl/α,β-unsaturated/α-hetero) is 1. The Bertz CT molecular complexity index is 987. The number of ketones is 1. The van der Waals surface area contributed by atoms with Gasteiger partial charge < -0.3 is 13.9 Å². The smallest absolute Gasteiger partial charge is 0.191 e. The summed E-state index contributed by atoms with van der Waals surface area (Å²) in [6.45, 7) is 5.44. The SMILES string of the molecule is COCCn1c(C)cc(C(=O)CSc2nnc(Cc3cccs3)n2C2CC2)c1C. The van der Waals surface area contributed by atoms with Gasteiger partial charge in [-0.25, -0.2) is 0 Å². The third-order valence-electron chi connectivity index (χ3n) is 5.29. The summed E-state index contributed by atoms with van der Waals surface area (Å²) in [4.78, 5) is 14.2. The van der Waals surface area contributed by atoms with Gasteiger partial charge in [-0.3, -0.25) is 4.79 Å². The van der Waals surface area contributed by atoms with Crippen molar-refractivity contribution < 1.29 is 9.53 Å². The molecule has 0 atom stereocenters. The van der Waals surface area contributed by atoms with E-state index in [9.17, 15) is 4.79 Å². The normalized spacial score (nSPS) is 13.9. The number of thioether (sulfide) groups is 1. The Morgan fingerprint density at radius 2 is 2.17 bits per heavy atom. The quantitative estimate of drug-likeness (QED) is 0.354. The van der Waals surface area contributed by atoms with E-state index in [0.29, 0.717) is 18.4 Å². The molecule has 0 spiro atoms. The number of aromatic nitrogens is 4. The fourth-order valence-corrected chi connectivity index (χ4v) is 5.22. The van der Waals surface area contributed by atoms with Crippen LogP contribution < -0.4 is 0 Å². The standard InChI is InChI=1S/C21H26N4O2S2/c1-14-11-18(15(2)24(14)8-9-27-3)19(26)13-29-21-23-22-20(25(21)16-6-7-16)12-17-5-4-10-28-17/h4-5,10-11,16H,6-9,12-13H2,1-3H3. The summed E-state index contributed by atoms with van der Waals surface area (Å²) in [7, 11) is 1.69. The minimum absolute atomic E-state index is 0.136. The number of ether oxygens (including phenoxy) is 1. The highest BCUT2D eigenvalue weighted by Crippen LogP contribution is 2.39. The van der Waals surface area contributed by atoms with Gasteiger partial charge in [-0.2, -0.15) is 0 Å². The molecule has 0 unspecified atom stereocenters. The Morgan fingerprint density at radius 1 is 1.34 bits per heavy atom. The Hall–Kier alpha value is -1.90. The fourth-order valence-electron chi connectivity index (χ4n) is 3.61. The molecule has 0 bridgehead atoms. The van der Waals surface area contributed by atoms with Gasteiger partial charge >= 0.3 is 0 Å². The van der Waals surface area contributed by atoms with Crippen molar-refractivity contribution in [2.45, 2.75) is 50.9 Å². The first kappa shape index (κ1) is 20.4. The predicted octanol–water partition coefficient (Wildman–Crippen LogP) is 4.31. The summed E-state index contributed by atoms with van der Waals surface area (Å²) in [5, 5.41) is 11.8. The van der Waals surface area contributed by atoms with Crippen molar-refractivity contribution in [1.29, 1.82) is 0 Å². The van der Waals surface area contributed by atoms with Gasteiger partial charge in [0.1, 0.15) is 5.82 Å². The van der Waals surface area contributed by atoms with Gasteiger partial charge in [-0.05, 0) is 44.2 Å². The Labute approximate surface area is 179 Å². The van der Waals surface area contributed by atoms with Crippen molar-refractivity contribution in [2.75, 3.05) is 19.5 Å². The summed E-state index contributed by atoms with van der Waals surface area (Å²) in [6, 6.07) is 6.67. The summed E-state index contributed by atoms with van der Waals surface area (Å²) in [5.74, 6) is 1.51. The van der Waals surface area contributed by atoms with Gasteiger partial charge in [-0.1, -0.05) is 17.8 Å². The fraction of sp³-hybridized carbons (Fsp3) is 0.476. The van der Waals surface area contributed by atoms with Crippen molar-refractivity contribution in [1.82, 2.24) is 19.3 Å². The molecule has 6 nitrogen and oxygen atoms in total. The molecule has 3 aromatic heterocycles. The second-order valence-electron chi connectivity index (χ2n) is 7.40. The average molecular weight is 431 g/mol. The van der Waals surface area contributed by atoms with E-state index in [1.54, 1.807) is 18.4 Å². The number of methoxy groups -OCH3 is 1. The van der Waals surface area contributed by atoms with Gasteiger partial charge in [0.15, 0.2) is 10.9 Å². The minimum Gasteiger partial charge on any atom is -0.383 e. The maximum absolute atomic E-state index is 12.9. The van der Waals surface area contributed by atoms with Crippen LogP contribution in [0.2, 0.25) is 0 Å². The van der Waals surface area contributed by atoms with Crippen molar-refractivity contribution >= 4 is 28.9 Å². The number of hydrogen-bond acceptors (Lipinski definition) is 6. The molecule has 0 amide bonds. The minimum atomic E-state index is 0.136. The molecule has 3 heterocycles. The Morgan fingerprint density at radius 3 is 2.86 bits per heavy atom. The van der Waals surface area contributed by atoms with Crippen LogP contribution in [0.5, 0.6) is 0 Å². The number of hydrogen-bond donors (Lipinski definition) is 0. The number of aryl methyl sites for hydroxylation is 1. The third kappa shape index (κ3) is 4.49. The first-order valence-corrected chi connectivity index (χ1v) is 11.7. The summed E-state index contributed by atoms with van der Waals surface area (Å²) in [6.07, 6.45) is 3.13. The van der Waals surface area contributed by atoms with Crippen LogP contribution in [0.25, 0.3) is 0 Å². The molecule has 154 valence electrons. The highest BCUT2D eigenvalue weighted by atomic mass is 32.2. The lowest BCUT2D eigenvalue weighted by Gasteiger charge is -2.09. The van der Waals surface area contributed by atoms with Gasteiger partial charge in [0.05, 0.1) is 12.4 Å². The van der Waals surface area contributed by atoms with E-state index in [4.69, 9.17) is 4.74 Å². The monoisotopic (exact) mass is 430 g/mol. The molecular weight excluding hydrogens is 404 g/mol. The molecule has 1 fully saturated rings. The molecule has 3 aromatic rings. The van der Waals surface area contributed by atoms with Crippen LogP contribution in [0.15, 0.2) is 28.7 Å². The highest BCUT2D eigenvalue weighted by Gasteiger charge is 2.30. The number of carbonyl (C=O) groups is 1. The first-order valence-electron chi connectivity index (χ1n) is 9.86. The van der Waals surface area contributed by atoms with E-state index < -0.39 is 0 Å². The number of rotatable bonds is 10. The lowest BCUT2D eigenvalue weighted by Crippen LogP contribution is -2.10. The molecule has 0 saturated heterocycles. The molecule has 1 aliphatic carbocycles. The van der Waals surface area contributed by atoms with Crippen molar-refractivity contribution in [3.63, 3.8) is 0 Å². The zero-order valence-electron chi connectivity index (χ0n) is 17.1. The summed E-state index contributed by atoms with van der Waals surface area (Å²) < 4.78 is 9.58. The third-order valence-corrected chi connectivity index (χ3v) is 7.10. The van der Waals surface area contributed by atoms with E-state index in [1.165, 1.54) is 16.6 Å². The molecule has 0 radical (unpaired) electrons. The second kappa shape index (κ2) is 8.85. The molecule has 0 N–H and O–H groups in total. The average Bonchev–Trinajstić information content (AvgIpc) is 3.13.